The van der Waals surface area contributed by atoms with Crippen LogP contribution in [-0.4, -0.2) is 35.1 Å². The van der Waals surface area contributed by atoms with Crippen molar-refractivity contribution in [3.63, 3.8) is 0 Å². The first-order chi connectivity index (χ1) is 12.6. The summed E-state index contributed by atoms with van der Waals surface area (Å²) >= 11 is 0. The van der Waals surface area contributed by atoms with Crippen LogP contribution in [-0.2, 0) is 13.5 Å². The van der Waals surface area contributed by atoms with Crippen molar-refractivity contribution < 1.29 is 4.52 Å². The lowest BCUT2D eigenvalue weighted by molar-refractivity contribution is 0.420. The van der Waals surface area contributed by atoms with Crippen LogP contribution in [0.1, 0.15) is 37.1 Å². The Morgan fingerprint density at radius 3 is 2.69 bits per heavy atom. The van der Waals surface area contributed by atoms with Gasteiger partial charge in [0.1, 0.15) is 11.5 Å². The molecule has 0 radical (unpaired) electrons. The Morgan fingerprint density at radius 2 is 1.96 bits per heavy atom. The second-order valence-corrected chi connectivity index (χ2v) is 6.40. The van der Waals surface area contributed by atoms with Gasteiger partial charge in [0.25, 0.3) is 5.89 Å². The predicted molar refractivity (Wildman–Crippen MR) is 95.2 cm³/mol. The van der Waals surface area contributed by atoms with Crippen molar-refractivity contribution >= 4 is 0 Å². The maximum absolute atomic E-state index is 5.40. The predicted octanol–water partition coefficient (Wildman–Crippen LogP) is 2.97. The molecular weight excluding hydrogens is 330 g/mol. The Labute approximate surface area is 150 Å². The van der Waals surface area contributed by atoms with Crippen LogP contribution in [0.3, 0.4) is 0 Å². The van der Waals surface area contributed by atoms with Gasteiger partial charge in [0.2, 0.25) is 0 Å². The molecule has 8 heteroatoms. The molecule has 132 valence electrons. The van der Waals surface area contributed by atoms with Gasteiger partial charge in [-0.25, -0.2) is 4.98 Å². The van der Waals surface area contributed by atoms with E-state index in [2.05, 4.69) is 44.3 Å². The quantitative estimate of drug-likeness (QED) is 0.595. The Balaban J connectivity index is 1.53. The first-order valence-corrected chi connectivity index (χ1v) is 8.43. The Kier molecular flexibility index (Phi) is 4.08. The fraction of sp³-hybridized carbons (Fsp3) is 0.278. The number of aryl methyl sites for hydroxylation is 1. The molecule has 3 heterocycles. The Morgan fingerprint density at radius 1 is 1.15 bits per heavy atom. The van der Waals surface area contributed by atoms with E-state index in [1.807, 2.05) is 43.4 Å². The summed E-state index contributed by atoms with van der Waals surface area (Å²) < 4.78 is 7.16. The van der Waals surface area contributed by atoms with Gasteiger partial charge in [-0.05, 0) is 12.0 Å². The number of rotatable bonds is 5. The monoisotopic (exact) mass is 349 g/mol. The molecule has 0 unspecified atom stereocenters. The number of aromatic nitrogens is 7. The Hall–Kier alpha value is -3.29. The SMILES string of the molecule is CC(C)c1cc(-c2nc(Cc3nc(-c4ccccc4)n[nH]3)no2)n(C)n1. The first kappa shape index (κ1) is 16.2. The van der Waals surface area contributed by atoms with Crippen LogP contribution >= 0.6 is 0 Å². The smallest absolute Gasteiger partial charge is 0.276 e. The van der Waals surface area contributed by atoms with Gasteiger partial charge in [0.15, 0.2) is 11.6 Å². The average molecular weight is 349 g/mol. The van der Waals surface area contributed by atoms with Gasteiger partial charge >= 0.3 is 0 Å². The molecule has 4 rings (SSSR count). The largest absolute Gasteiger partial charge is 0.332 e. The number of aromatic amines is 1. The first-order valence-electron chi connectivity index (χ1n) is 8.43. The van der Waals surface area contributed by atoms with Gasteiger partial charge < -0.3 is 4.52 Å². The molecule has 0 aliphatic carbocycles. The maximum Gasteiger partial charge on any atom is 0.276 e. The minimum Gasteiger partial charge on any atom is -0.332 e. The van der Waals surface area contributed by atoms with Crippen LogP contribution in [0.4, 0.5) is 0 Å². The van der Waals surface area contributed by atoms with Gasteiger partial charge in [0.05, 0.1) is 12.1 Å². The molecule has 1 aromatic carbocycles. The van der Waals surface area contributed by atoms with Crippen molar-refractivity contribution in [1.82, 2.24) is 35.1 Å². The lowest BCUT2D eigenvalue weighted by Crippen LogP contribution is -1.96. The normalized spacial score (nSPS) is 11.4. The van der Waals surface area contributed by atoms with E-state index in [9.17, 15) is 0 Å². The highest BCUT2D eigenvalue weighted by atomic mass is 16.5. The topological polar surface area (TPSA) is 98.3 Å². The highest BCUT2D eigenvalue weighted by Gasteiger charge is 2.17. The zero-order chi connectivity index (χ0) is 18.1. The molecule has 0 bridgehead atoms. The number of hydrogen-bond donors (Lipinski definition) is 1. The second-order valence-electron chi connectivity index (χ2n) is 6.40. The zero-order valence-electron chi connectivity index (χ0n) is 14.8. The number of benzene rings is 1. The van der Waals surface area contributed by atoms with Crippen molar-refractivity contribution in [3.05, 3.63) is 53.7 Å². The summed E-state index contributed by atoms with van der Waals surface area (Å²) in [5.74, 6) is 2.66. The molecule has 0 spiro atoms. The number of nitrogens with zero attached hydrogens (tertiary/aromatic N) is 6. The minimum absolute atomic E-state index is 0.336. The highest BCUT2D eigenvalue weighted by molar-refractivity contribution is 5.54. The van der Waals surface area contributed by atoms with E-state index in [0.717, 1.165) is 17.0 Å². The van der Waals surface area contributed by atoms with Crippen molar-refractivity contribution in [2.24, 2.45) is 7.05 Å². The van der Waals surface area contributed by atoms with Gasteiger partial charge in [-0.1, -0.05) is 49.3 Å². The van der Waals surface area contributed by atoms with Crippen LogP contribution in [0.25, 0.3) is 23.0 Å². The van der Waals surface area contributed by atoms with Gasteiger partial charge in [-0.15, -0.1) is 0 Å². The third-order valence-electron chi connectivity index (χ3n) is 4.07. The fourth-order valence-corrected chi connectivity index (χ4v) is 2.64. The van der Waals surface area contributed by atoms with E-state index in [1.54, 1.807) is 4.68 Å². The third-order valence-corrected chi connectivity index (χ3v) is 4.07. The maximum atomic E-state index is 5.40. The number of nitrogens with one attached hydrogen (secondary N) is 1. The standard InChI is InChI=1S/C18H19N7O/c1-11(2)13-9-14(25(3)23-13)18-20-16(24-26-18)10-15-19-17(22-21-15)12-7-5-4-6-8-12/h4-9,11H,10H2,1-3H3,(H,19,21,22). The molecule has 26 heavy (non-hydrogen) atoms. The lowest BCUT2D eigenvalue weighted by Gasteiger charge is -1.95. The Bertz CT molecular complexity index is 1010. The summed E-state index contributed by atoms with van der Waals surface area (Å²) in [7, 11) is 1.87. The fourth-order valence-electron chi connectivity index (χ4n) is 2.64. The van der Waals surface area contributed by atoms with Gasteiger partial charge in [-0.2, -0.15) is 15.2 Å². The summed E-state index contributed by atoms with van der Waals surface area (Å²) in [5.41, 5.74) is 2.75. The van der Waals surface area contributed by atoms with Crippen LogP contribution in [0.5, 0.6) is 0 Å². The summed E-state index contributed by atoms with van der Waals surface area (Å²) in [6, 6.07) is 11.8. The molecule has 0 aliphatic heterocycles. The molecule has 4 aromatic rings. The van der Waals surface area contributed by atoms with E-state index in [-0.39, 0.29) is 0 Å². The van der Waals surface area contributed by atoms with E-state index in [0.29, 0.717) is 35.7 Å². The molecule has 8 nitrogen and oxygen atoms in total. The van der Waals surface area contributed by atoms with Crippen molar-refractivity contribution in [2.75, 3.05) is 0 Å². The molecule has 0 saturated carbocycles. The highest BCUT2D eigenvalue weighted by Crippen LogP contribution is 2.22. The molecule has 1 N–H and O–H groups in total. The van der Waals surface area contributed by atoms with Crippen LogP contribution in [0, 0.1) is 0 Å². The van der Waals surface area contributed by atoms with Crippen LogP contribution < -0.4 is 0 Å². The van der Waals surface area contributed by atoms with E-state index in [4.69, 9.17) is 4.52 Å². The third kappa shape index (κ3) is 3.13. The molecule has 0 fully saturated rings. The summed E-state index contributed by atoms with van der Waals surface area (Å²) in [6.45, 7) is 4.19. The number of hydrogen-bond acceptors (Lipinski definition) is 6. The van der Waals surface area contributed by atoms with Gasteiger partial charge in [0, 0.05) is 12.6 Å². The molecule has 0 amide bonds. The van der Waals surface area contributed by atoms with Crippen LogP contribution in [0.2, 0.25) is 0 Å². The minimum atomic E-state index is 0.336. The van der Waals surface area contributed by atoms with Gasteiger partial charge in [-0.3, -0.25) is 9.78 Å². The zero-order valence-corrected chi connectivity index (χ0v) is 14.8. The second kappa shape index (κ2) is 6.55. The van der Waals surface area contributed by atoms with E-state index in [1.165, 1.54) is 0 Å². The van der Waals surface area contributed by atoms with Crippen molar-refractivity contribution in [3.8, 4) is 23.0 Å². The van der Waals surface area contributed by atoms with Crippen molar-refractivity contribution in [2.45, 2.75) is 26.2 Å². The molecular formula is C18H19N7O. The van der Waals surface area contributed by atoms with Crippen LogP contribution in [0.15, 0.2) is 40.9 Å². The number of H-pyrrole nitrogens is 1. The van der Waals surface area contributed by atoms with Crippen molar-refractivity contribution in [1.29, 1.82) is 0 Å². The molecule has 0 atom stereocenters. The summed E-state index contributed by atoms with van der Waals surface area (Å²) in [5, 5.41) is 15.7. The molecule has 3 aromatic heterocycles. The summed E-state index contributed by atoms with van der Waals surface area (Å²) in [6.07, 6.45) is 0.415. The lowest BCUT2D eigenvalue weighted by atomic mass is 10.1. The molecule has 0 saturated heterocycles. The molecule has 0 aliphatic rings. The van der Waals surface area contributed by atoms with E-state index < -0.39 is 0 Å². The average Bonchev–Trinajstić information content (AvgIpc) is 3.36. The van der Waals surface area contributed by atoms with E-state index >= 15 is 0 Å². The summed E-state index contributed by atoms with van der Waals surface area (Å²) in [4.78, 5) is 8.96.